The van der Waals surface area contributed by atoms with Gasteiger partial charge in [0.15, 0.2) is 11.6 Å². The molecule has 0 fully saturated rings. The van der Waals surface area contributed by atoms with E-state index in [9.17, 15) is 9.59 Å². The van der Waals surface area contributed by atoms with Gasteiger partial charge in [0.25, 0.3) is 11.8 Å². The monoisotopic (exact) mass is 614 g/mol. The Labute approximate surface area is 259 Å². The summed E-state index contributed by atoms with van der Waals surface area (Å²) in [4.78, 5) is 35.0. The van der Waals surface area contributed by atoms with Gasteiger partial charge in [-0.15, -0.1) is 0 Å². The number of hydrogen-bond acceptors (Lipinski definition) is 6. The summed E-state index contributed by atoms with van der Waals surface area (Å²) in [7, 11) is 0. The van der Waals surface area contributed by atoms with Gasteiger partial charge < -0.3 is 14.6 Å². The summed E-state index contributed by atoms with van der Waals surface area (Å²) in [5.41, 5.74) is 1.76. The average Bonchev–Trinajstić information content (AvgIpc) is 3.35. The summed E-state index contributed by atoms with van der Waals surface area (Å²) >= 11 is 13.0. The summed E-state index contributed by atoms with van der Waals surface area (Å²) in [6, 6.07) is 28.6. The third kappa shape index (κ3) is 5.64. The normalized spacial score (nSPS) is 19.4. The molecule has 2 aliphatic heterocycles. The molecule has 6 rings (SSSR count). The van der Waals surface area contributed by atoms with E-state index in [1.807, 2.05) is 30.3 Å². The van der Waals surface area contributed by atoms with Crippen molar-refractivity contribution in [3.63, 3.8) is 0 Å². The largest absolute Gasteiger partial charge is 0.494 e. The highest BCUT2D eigenvalue weighted by atomic mass is 35.5. The molecule has 2 heterocycles. The predicted octanol–water partition coefficient (Wildman–Crippen LogP) is 6.44. The predicted molar refractivity (Wildman–Crippen MR) is 165 cm³/mol. The van der Waals surface area contributed by atoms with E-state index in [2.05, 4.69) is 0 Å². The number of ether oxygens (including phenoxy) is 2. The zero-order valence-electron chi connectivity index (χ0n) is 23.1. The Bertz CT molecular complexity index is 1690. The number of hydrogen-bond donors (Lipinski definition) is 1. The fraction of sp³-hybridized carbons (Fsp3) is 0.206. The summed E-state index contributed by atoms with van der Waals surface area (Å²) < 4.78 is 12.2. The number of nitrogens with zero attached hydrogens (tertiary/aromatic N) is 2. The van der Waals surface area contributed by atoms with Crippen molar-refractivity contribution >= 4 is 40.9 Å². The van der Waals surface area contributed by atoms with Crippen LogP contribution in [0.25, 0.3) is 0 Å². The lowest BCUT2D eigenvalue weighted by molar-refractivity contribution is -0.137. The van der Waals surface area contributed by atoms with Crippen LogP contribution in [0.3, 0.4) is 0 Å². The number of aliphatic hydroxyl groups excluding tert-OH is 1. The van der Waals surface area contributed by atoms with Crippen LogP contribution in [0, 0.1) is 0 Å². The van der Waals surface area contributed by atoms with E-state index >= 15 is 0 Å². The highest BCUT2D eigenvalue weighted by Gasteiger charge is 2.57. The molecule has 0 aliphatic carbocycles. The minimum Gasteiger partial charge on any atom is -0.494 e. The van der Waals surface area contributed by atoms with Crippen LogP contribution in [-0.4, -0.2) is 46.5 Å². The molecule has 4 aromatic rings. The van der Waals surface area contributed by atoms with Gasteiger partial charge >= 0.3 is 0 Å². The first-order valence-corrected chi connectivity index (χ1v) is 14.7. The zero-order chi connectivity index (χ0) is 30.0. The Morgan fingerprint density at radius 3 is 2.42 bits per heavy atom. The van der Waals surface area contributed by atoms with E-state index in [1.165, 1.54) is 4.90 Å². The minimum absolute atomic E-state index is 0.0421. The topological polar surface area (TPSA) is 88.4 Å². The van der Waals surface area contributed by atoms with Gasteiger partial charge in [0.05, 0.1) is 13.2 Å². The van der Waals surface area contributed by atoms with Crippen LogP contribution in [-0.2, 0) is 22.5 Å². The summed E-state index contributed by atoms with van der Waals surface area (Å²) in [5, 5.41) is 9.81. The first-order chi connectivity index (χ1) is 20.9. The average molecular weight is 616 g/mol. The number of aliphatic hydroxyl groups is 1. The van der Waals surface area contributed by atoms with Crippen LogP contribution in [0.1, 0.15) is 45.1 Å². The van der Waals surface area contributed by atoms with Crippen LogP contribution < -0.4 is 4.74 Å². The molecule has 2 atom stereocenters. The minimum atomic E-state index is -1.54. The molecule has 1 N–H and O–H groups in total. The molecular formula is C34H28Cl2N2O5. The Morgan fingerprint density at radius 2 is 1.70 bits per heavy atom. The number of benzene rings is 4. The number of halogens is 2. The molecule has 7 nitrogen and oxygen atoms in total. The molecule has 43 heavy (non-hydrogen) atoms. The second-order valence-corrected chi connectivity index (χ2v) is 11.3. The SMILES string of the molecule is O=C(c1ccccc1)N1Cc2ccccc2C[C@@]2(N=C(c3ccc(OCCCO)cc3)O[C@H]2c2ccc(Cl)cc2Cl)C1=O. The van der Waals surface area contributed by atoms with Gasteiger partial charge in [-0.25, -0.2) is 4.99 Å². The maximum atomic E-state index is 14.8. The third-order valence-corrected chi connectivity index (χ3v) is 8.23. The Morgan fingerprint density at radius 1 is 0.977 bits per heavy atom. The Balaban J connectivity index is 1.49. The molecule has 1 spiro atoms. The van der Waals surface area contributed by atoms with Crippen LogP contribution in [0.4, 0.5) is 0 Å². The molecule has 0 saturated heterocycles. The van der Waals surface area contributed by atoms with E-state index in [0.717, 1.165) is 11.1 Å². The quantitative estimate of drug-likeness (QED) is 0.191. The molecule has 218 valence electrons. The highest BCUT2D eigenvalue weighted by molar-refractivity contribution is 6.35. The number of imide groups is 1. The van der Waals surface area contributed by atoms with E-state index in [1.54, 1.807) is 66.7 Å². The van der Waals surface area contributed by atoms with Gasteiger partial charge in [0, 0.05) is 46.2 Å². The van der Waals surface area contributed by atoms with Crippen LogP contribution in [0.5, 0.6) is 5.75 Å². The number of amides is 2. The van der Waals surface area contributed by atoms with Crippen molar-refractivity contribution in [2.45, 2.75) is 31.0 Å². The van der Waals surface area contributed by atoms with E-state index in [0.29, 0.717) is 45.5 Å². The first kappa shape index (κ1) is 28.9. The Hall–Kier alpha value is -4.17. The van der Waals surface area contributed by atoms with Gasteiger partial charge in [0.1, 0.15) is 5.75 Å². The van der Waals surface area contributed by atoms with Crippen molar-refractivity contribution in [3.05, 3.63) is 135 Å². The molecule has 9 heteroatoms. The molecule has 2 amide bonds. The van der Waals surface area contributed by atoms with E-state index in [-0.39, 0.29) is 25.5 Å². The van der Waals surface area contributed by atoms with Crippen LogP contribution in [0.15, 0.2) is 102 Å². The zero-order valence-corrected chi connectivity index (χ0v) is 24.6. The van der Waals surface area contributed by atoms with Gasteiger partial charge in [-0.1, -0.05) is 71.7 Å². The first-order valence-electron chi connectivity index (χ1n) is 13.9. The summed E-state index contributed by atoms with van der Waals surface area (Å²) in [6.45, 7) is 0.517. The molecular weight excluding hydrogens is 587 g/mol. The van der Waals surface area contributed by atoms with Crippen molar-refractivity contribution in [1.82, 2.24) is 4.90 Å². The fourth-order valence-electron chi connectivity index (χ4n) is 5.51. The van der Waals surface area contributed by atoms with E-state index in [4.69, 9.17) is 42.8 Å². The smallest absolute Gasteiger partial charge is 0.262 e. The van der Waals surface area contributed by atoms with Crippen molar-refractivity contribution in [2.75, 3.05) is 13.2 Å². The number of carbonyl (C=O) groups is 2. The summed E-state index contributed by atoms with van der Waals surface area (Å²) in [6.07, 6.45) is -0.237. The third-order valence-electron chi connectivity index (χ3n) is 7.67. The van der Waals surface area contributed by atoms with Gasteiger partial charge in [0.2, 0.25) is 5.90 Å². The highest BCUT2D eigenvalue weighted by Crippen LogP contribution is 2.47. The summed E-state index contributed by atoms with van der Waals surface area (Å²) in [5.74, 6) is -0.0251. The van der Waals surface area contributed by atoms with Crippen molar-refractivity contribution in [2.24, 2.45) is 4.99 Å². The fourth-order valence-corrected chi connectivity index (χ4v) is 6.02. The number of aliphatic imine (C=N–C) groups is 1. The van der Waals surface area contributed by atoms with Gasteiger partial charge in [-0.2, -0.15) is 0 Å². The second kappa shape index (κ2) is 12.2. The lowest BCUT2D eigenvalue weighted by atomic mass is 9.81. The lowest BCUT2D eigenvalue weighted by Crippen LogP contribution is -2.51. The van der Waals surface area contributed by atoms with Gasteiger partial charge in [-0.3, -0.25) is 14.5 Å². The maximum absolute atomic E-state index is 14.8. The molecule has 2 aliphatic rings. The Kier molecular flexibility index (Phi) is 8.21. The van der Waals surface area contributed by atoms with Crippen LogP contribution in [0.2, 0.25) is 10.0 Å². The van der Waals surface area contributed by atoms with Crippen molar-refractivity contribution < 1.29 is 24.2 Å². The maximum Gasteiger partial charge on any atom is 0.262 e. The lowest BCUT2D eigenvalue weighted by Gasteiger charge is -2.33. The number of carbonyl (C=O) groups excluding carboxylic acids is 2. The van der Waals surface area contributed by atoms with Crippen molar-refractivity contribution in [3.8, 4) is 5.75 Å². The molecule has 4 aromatic carbocycles. The van der Waals surface area contributed by atoms with Crippen LogP contribution >= 0.6 is 23.2 Å². The molecule has 0 bridgehead atoms. The molecule has 0 saturated carbocycles. The standard InChI is InChI=1S/C34H28Cl2N2O5/c35-26-13-16-28(29(36)19-26)30-34(37-31(43-30)22-11-14-27(15-12-22)42-18-6-17-39)20-24-9-4-5-10-25(24)21-38(33(34)41)32(40)23-7-2-1-3-8-23/h1-5,7-16,19,30,39H,6,17-18,20-21H2/t30-,34-/m0/s1. The molecule has 0 unspecified atom stereocenters. The molecule has 0 radical (unpaired) electrons. The van der Waals surface area contributed by atoms with Crippen molar-refractivity contribution in [1.29, 1.82) is 0 Å². The van der Waals surface area contributed by atoms with E-state index < -0.39 is 23.5 Å². The number of rotatable bonds is 7. The molecule has 0 aromatic heterocycles. The van der Waals surface area contributed by atoms with Gasteiger partial charge in [-0.05, 0) is 59.7 Å². The second-order valence-electron chi connectivity index (χ2n) is 10.5. The number of fused-ring (bicyclic) bond motifs is 1.